The molecule has 0 fully saturated rings. The van der Waals surface area contributed by atoms with E-state index in [0.29, 0.717) is 28.4 Å². The van der Waals surface area contributed by atoms with Crippen molar-refractivity contribution in [3.05, 3.63) is 109 Å². The molecule has 0 saturated heterocycles. The van der Waals surface area contributed by atoms with E-state index in [0.717, 1.165) is 10.8 Å². The lowest BCUT2D eigenvalue weighted by Gasteiger charge is -2.20. The summed E-state index contributed by atoms with van der Waals surface area (Å²) in [6.45, 7) is -0.0766. The summed E-state index contributed by atoms with van der Waals surface area (Å²) in [7, 11) is 0. The highest BCUT2D eigenvalue weighted by molar-refractivity contribution is 6.01. The molecule has 8 heteroatoms. The van der Waals surface area contributed by atoms with Crippen molar-refractivity contribution in [2.24, 2.45) is 0 Å². The number of hydrogen-bond acceptors (Lipinski definition) is 6. The lowest BCUT2D eigenvalue weighted by Crippen LogP contribution is -2.18. The minimum Gasteiger partial charge on any atom is -0.491 e. The predicted molar refractivity (Wildman–Crippen MR) is 149 cm³/mol. The van der Waals surface area contributed by atoms with Crippen molar-refractivity contribution in [1.82, 2.24) is 0 Å². The van der Waals surface area contributed by atoms with Crippen LogP contribution in [0.2, 0.25) is 0 Å². The van der Waals surface area contributed by atoms with E-state index in [4.69, 9.17) is 15.2 Å². The molecule has 38 heavy (non-hydrogen) atoms. The first-order valence-corrected chi connectivity index (χ1v) is 12.1. The van der Waals surface area contributed by atoms with Crippen molar-refractivity contribution in [2.75, 3.05) is 29.6 Å². The van der Waals surface area contributed by atoms with Crippen LogP contribution in [0.15, 0.2) is 103 Å². The number of ether oxygens (including phenoxy) is 2. The summed E-state index contributed by atoms with van der Waals surface area (Å²) in [5, 5.41) is 16.6. The first-order valence-electron chi connectivity index (χ1n) is 12.1. The van der Waals surface area contributed by atoms with Gasteiger partial charge in [0.25, 0.3) is 0 Å². The maximum Gasteiger partial charge on any atom is 0.412 e. The van der Waals surface area contributed by atoms with Gasteiger partial charge >= 0.3 is 6.09 Å². The summed E-state index contributed by atoms with van der Waals surface area (Å²) in [5.41, 5.74) is 8.08. The van der Waals surface area contributed by atoms with Crippen molar-refractivity contribution >= 4 is 39.8 Å². The number of para-hydroxylation sites is 3. The number of rotatable bonds is 10. The predicted octanol–water partition coefficient (Wildman–Crippen LogP) is 5.67. The minimum absolute atomic E-state index is 0.0860. The van der Waals surface area contributed by atoms with Crippen LogP contribution in [0.4, 0.5) is 21.9 Å². The van der Waals surface area contributed by atoms with Gasteiger partial charge in [-0.05, 0) is 35.7 Å². The topological polar surface area (TPSA) is 123 Å². The number of carbonyl (C=O) groups excluding carboxylic acids is 2. The Labute approximate surface area is 220 Å². The zero-order chi connectivity index (χ0) is 26.7. The van der Waals surface area contributed by atoms with Gasteiger partial charge in [0, 0.05) is 17.4 Å². The highest BCUT2D eigenvalue weighted by Crippen LogP contribution is 2.31. The first-order chi connectivity index (χ1) is 18.5. The molecule has 0 radical (unpaired) electrons. The molecule has 4 aromatic carbocycles. The molecule has 0 aromatic heterocycles. The zero-order valence-corrected chi connectivity index (χ0v) is 20.7. The van der Waals surface area contributed by atoms with Gasteiger partial charge in [-0.1, -0.05) is 72.8 Å². The monoisotopic (exact) mass is 511 g/mol. The summed E-state index contributed by atoms with van der Waals surface area (Å²) in [6, 6.07) is 27.4. The number of aliphatic hydroxyl groups is 1. The van der Waals surface area contributed by atoms with Gasteiger partial charge in [0.15, 0.2) is 0 Å². The van der Waals surface area contributed by atoms with Gasteiger partial charge in [-0.3, -0.25) is 10.1 Å². The molecule has 1 atom stereocenters. The fourth-order valence-corrected chi connectivity index (χ4v) is 3.96. The number of benzene rings is 4. The van der Waals surface area contributed by atoms with Gasteiger partial charge in [0.2, 0.25) is 5.91 Å². The highest BCUT2D eigenvalue weighted by atomic mass is 16.6. The summed E-state index contributed by atoms with van der Waals surface area (Å²) >= 11 is 0. The quantitative estimate of drug-likeness (QED) is 0.161. The lowest BCUT2D eigenvalue weighted by atomic mass is 10.0. The third kappa shape index (κ3) is 6.89. The summed E-state index contributed by atoms with van der Waals surface area (Å²) < 4.78 is 11.5. The number of anilines is 3. The average molecular weight is 512 g/mol. The number of nitrogens with two attached hydrogens (primary N) is 1. The minimum atomic E-state index is -0.772. The van der Waals surface area contributed by atoms with Crippen LogP contribution in [0.25, 0.3) is 10.8 Å². The van der Waals surface area contributed by atoms with Crippen molar-refractivity contribution in [3.63, 3.8) is 0 Å². The van der Waals surface area contributed by atoms with Crippen LogP contribution in [0.1, 0.15) is 18.1 Å². The molecule has 4 aromatic rings. The van der Waals surface area contributed by atoms with Crippen LogP contribution < -0.4 is 21.1 Å². The summed E-state index contributed by atoms with van der Waals surface area (Å²) in [5.74, 6) is 0.103. The molecule has 0 aliphatic carbocycles. The molecule has 194 valence electrons. The first kappa shape index (κ1) is 26.2. The molecular weight excluding hydrogens is 482 g/mol. The Balaban J connectivity index is 1.52. The van der Waals surface area contributed by atoms with Gasteiger partial charge < -0.3 is 25.6 Å². The van der Waals surface area contributed by atoms with Gasteiger partial charge in [-0.15, -0.1) is 0 Å². The number of carbonyl (C=O) groups is 2. The number of nitrogen functional groups attached to an aromatic ring is 1. The van der Waals surface area contributed by atoms with E-state index in [1.165, 1.54) is 6.08 Å². The maximum atomic E-state index is 13.0. The molecule has 0 aliphatic heterocycles. The second kappa shape index (κ2) is 12.9. The number of amides is 2. The number of fused-ring (bicyclic) bond motifs is 1. The Morgan fingerprint density at radius 3 is 2.42 bits per heavy atom. The van der Waals surface area contributed by atoms with Gasteiger partial charge in [0.05, 0.1) is 23.7 Å². The molecule has 0 heterocycles. The van der Waals surface area contributed by atoms with Gasteiger partial charge in [0.1, 0.15) is 18.5 Å². The van der Waals surface area contributed by atoms with Crippen LogP contribution in [0.5, 0.6) is 5.75 Å². The smallest absolute Gasteiger partial charge is 0.412 e. The molecular formula is C30H29N3O5. The van der Waals surface area contributed by atoms with Crippen LogP contribution in [0.3, 0.4) is 0 Å². The summed E-state index contributed by atoms with van der Waals surface area (Å²) in [4.78, 5) is 25.5. The maximum absolute atomic E-state index is 13.0. The average Bonchev–Trinajstić information content (AvgIpc) is 2.93. The van der Waals surface area contributed by atoms with E-state index in [2.05, 4.69) is 10.6 Å². The van der Waals surface area contributed by atoms with E-state index in [9.17, 15) is 14.7 Å². The molecule has 0 bridgehead atoms. The molecule has 0 spiro atoms. The Hall–Kier alpha value is -4.82. The number of nitrogens with one attached hydrogen (secondary N) is 2. The second-order valence-corrected chi connectivity index (χ2v) is 8.37. The van der Waals surface area contributed by atoms with E-state index < -0.39 is 12.2 Å². The molecule has 0 aliphatic rings. The molecule has 0 unspecified atom stereocenters. The van der Waals surface area contributed by atoms with E-state index >= 15 is 0 Å². The van der Waals surface area contributed by atoms with E-state index in [-0.39, 0.29) is 25.5 Å². The lowest BCUT2D eigenvalue weighted by molar-refractivity contribution is -0.111. The Bertz CT molecular complexity index is 1430. The standard InChI is InChI=1S/C30H29N3O5/c31-24-13-4-5-14-26(24)32-29(35)18-8-17-28(23-12-3-6-16-27(23)37-20-19-34)38-30(36)33-25-15-7-10-21-9-1-2-11-22(21)25/h1-16,18,28,34H,17,19-20,31H2,(H,32,35)(H,33,36)/b18-8+/t28-/m1/s1. The highest BCUT2D eigenvalue weighted by Gasteiger charge is 2.20. The normalized spacial score (nSPS) is 11.7. The fourth-order valence-electron chi connectivity index (χ4n) is 3.96. The second-order valence-electron chi connectivity index (χ2n) is 8.37. The molecule has 2 amide bonds. The van der Waals surface area contributed by atoms with Crippen LogP contribution >= 0.6 is 0 Å². The van der Waals surface area contributed by atoms with Crippen molar-refractivity contribution in [2.45, 2.75) is 12.5 Å². The zero-order valence-electron chi connectivity index (χ0n) is 20.7. The third-order valence-corrected chi connectivity index (χ3v) is 5.73. The van der Waals surface area contributed by atoms with Crippen LogP contribution in [0, 0.1) is 0 Å². The van der Waals surface area contributed by atoms with Gasteiger partial charge in [-0.2, -0.15) is 0 Å². The molecule has 8 nitrogen and oxygen atoms in total. The Morgan fingerprint density at radius 1 is 0.868 bits per heavy atom. The number of hydrogen-bond donors (Lipinski definition) is 4. The molecule has 4 rings (SSSR count). The van der Waals surface area contributed by atoms with Crippen LogP contribution in [-0.2, 0) is 9.53 Å². The molecule has 5 N–H and O–H groups in total. The van der Waals surface area contributed by atoms with Crippen molar-refractivity contribution in [3.8, 4) is 5.75 Å². The van der Waals surface area contributed by atoms with E-state index in [1.807, 2.05) is 36.4 Å². The Morgan fingerprint density at radius 2 is 1.58 bits per heavy atom. The van der Waals surface area contributed by atoms with Crippen molar-refractivity contribution < 1.29 is 24.2 Å². The molecule has 0 saturated carbocycles. The Kier molecular flexibility index (Phi) is 8.93. The fraction of sp³-hybridized carbons (Fsp3) is 0.133. The van der Waals surface area contributed by atoms with Crippen LogP contribution in [-0.4, -0.2) is 30.3 Å². The number of aliphatic hydroxyl groups excluding tert-OH is 1. The SMILES string of the molecule is Nc1ccccc1NC(=O)/C=C/C[C@@H](OC(=O)Nc1cccc2ccccc12)c1ccccc1OCCO. The van der Waals surface area contributed by atoms with E-state index in [1.54, 1.807) is 60.7 Å². The van der Waals surface area contributed by atoms with Gasteiger partial charge in [-0.25, -0.2) is 4.79 Å². The largest absolute Gasteiger partial charge is 0.491 e. The third-order valence-electron chi connectivity index (χ3n) is 5.73. The summed E-state index contributed by atoms with van der Waals surface area (Å²) in [6.07, 6.45) is 1.75. The van der Waals surface area contributed by atoms with Crippen molar-refractivity contribution in [1.29, 1.82) is 0 Å².